The van der Waals surface area contributed by atoms with Crippen LogP contribution in [0.25, 0.3) is 11.3 Å². The molecule has 76 valence electrons. The lowest BCUT2D eigenvalue weighted by atomic mass is 10.1. The Bertz CT molecular complexity index is 469. The number of methoxy groups -OCH3 is 1. The predicted molar refractivity (Wildman–Crippen MR) is 58.8 cm³/mol. The maximum absolute atomic E-state index is 5.16. The molecule has 0 atom stereocenters. The average molecular weight is 200 g/mol. The molecule has 0 aliphatic carbocycles. The van der Waals surface area contributed by atoms with Gasteiger partial charge in [-0.15, -0.1) is 0 Å². The van der Waals surface area contributed by atoms with Crippen LogP contribution in [0.5, 0.6) is 5.75 Å². The molecule has 0 fully saturated rings. The molecule has 1 heterocycles. The number of hydrogen-bond acceptors (Lipinski definition) is 3. The summed E-state index contributed by atoms with van der Waals surface area (Å²) in [6.45, 7) is 2.00. The maximum Gasteiger partial charge on any atom is 0.119 e. The van der Waals surface area contributed by atoms with Crippen molar-refractivity contribution in [3.05, 3.63) is 42.1 Å². The summed E-state index contributed by atoms with van der Waals surface area (Å²) in [5.41, 5.74) is 2.99. The summed E-state index contributed by atoms with van der Waals surface area (Å²) in [7, 11) is 1.65. The van der Waals surface area contributed by atoms with Crippen LogP contribution in [0.4, 0.5) is 0 Å². The molecular weight excluding hydrogens is 188 g/mol. The highest BCUT2D eigenvalue weighted by Crippen LogP contribution is 2.21. The lowest BCUT2D eigenvalue weighted by Gasteiger charge is -2.03. The van der Waals surface area contributed by atoms with Gasteiger partial charge in [0, 0.05) is 5.56 Å². The minimum absolute atomic E-state index is 0.829. The van der Waals surface area contributed by atoms with Gasteiger partial charge in [-0.05, 0) is 30.7 Å². The highest BCUT2D eigenvalue weighted by molar-refractivity contribution is 5.61. The van der Waals surface area contributed by atoms with Crippen LogP contribution in [0.2, 0.25) is 0 Å². The SMILES string of the molecule is COc1cccc(-c2cc(C)cnn2)c1. The van der Waals surface area contributed by atoms with Crippen LogP contribution >= 0.6 is 0 Å². The molecule has 0 aliphatic rings. The van der Waals surface area contributed by atoms with E-state index in [0.29, 0.717) is 0 Å². The normalized spacial score (nSPS) is 10.0. The van der Waals surface area contributed by atoms with E-state index in [0.717, 1.165) is 22.6 Å². The summed E-state index contributed by atoms with van der Waals surface area (Å²) in [5, 5.41) is 8.00. The Hall–Kier alpha value is -1.90. The van der Waals surface area contributed by atoms with Crippen LogP contribution in [0, 0.1) is 6.92 Å². The van der Waals surface area contributed by atoms with Crippen LogP contribution in [0.1, 0.15) is 5.56 Å². The quantitative estimate of drug-likeness (QED) is 0.747. The summed E-state index contributed by atoms with van der Waals surface area (Å²) < 4.78 is 5.16. The van der Waals surface area contributed by atoms with Crippen molar-refractivity contribution in [3.63, 3.8) is 0 Å². The highest BCUT2D eigenvalue weighted by Gasteiger charge is 2.01. The Balaban J connectivity index is 2.44. The van der Waals surface area contributed by atoms with Crippen LogP contribution in [-0.4, -0.2) is 17.3 Å². The summed E-state index contributed by atoms with van der Waals surface area (Å²) in [4.78, 5) is 0. The van der Waals surface area contributed by atoms with Gasteiger partial charge in [-0.3, -0.25) is 0 Å². The molecule has 2 rings (SSSR count). The third kappa shape index (κ3) is 2.13. The summed E-state index contributed by atoms with van der Waals surface area (Å²) in [5.74, 6) is 0.829. The van der Waals surface area contributed by atoms with Crippen molar-refractivity contribution in [1.82, 2.24) is 10.2 Å². The molecule has 0 radical (unpaired) electrons. The predicted octanol–water partition coefficient (Wildman–Crippen LogP) is 2.46. The standard InChI is InChI=1S/C12H12N2O/c1-9-6-12(14-13-8-9)10-4-3-5-11(7-10)15-2/h3-8H,1-2H3. The van der Waals surface area contributed by atoms with Crippen molar-refractivity contribution in [2.75, 3.05) is 7.11 Å². The van der Waals surface area contributed by atoms with E-state index in [1.165, 1.54) is 0 Å². The minimum atomic E-state index is 0.829. The highest BCUT2D eigenvalue weighted by atomic mass is 16.5. The molecule has 0 spiro atoms. The lowest BCUT2D eigenvalue weighted by Crippen LogP contribution is -1.89. The van der Waals surface area contributed by atoms with E-state index in [4.69, 9.17) is 4.74 Å². The number of hydrogen-bond donors (Lipinski definition) is 0. The molecule has 3 heteroatoms. The van der Waals surface area contributed by atoms with Gasteiger partial charge in [0.2, 0.25) is 0 Å². The number of aryl methyl sites for hydroxylation is 1. The molecular formula is C12H12N2O. The van der Waals surface area contributed by atoms with E-state index in [2.05, 4.69) is 10.2 Å². The Morgan fingerprint density at radius 3 is 2.80 bits per heavy atom. The zero-order chi connectivity index (χ0) is 10.7. The molecule has 15 heavy (non-hydrogen) atoms. The van der Waals surface area contributed by atoms with E-state index in [-0.39, 0.29) is 0 Å². The largest absolute Gasteiger partial charge is 0.497 e. The van der Waals surface area contributed by atoms with Crippen LogP contribution in [0.3, 0.4) is 0 Å². The van der Waals surface area contributed by atoms with Gasteiger partial charge in [0.15, 0.2) is 0 Å². The van der Waals surface area contributed by atoms with Crippen molar-refractivity contribution in [3.8, 4) is 17.0 Å². The van der Waals surface area contributed by atoms with E-state index in [1.807, 2.05) is 37.3 Å². The van der Waals surface area contributed by atoms with Gasteiger partial charge in [-0.25, -0.2) is 0 Å². The first-order valence-corrected chi connectivity index (χ1v) is 4.73. The zero-order valence-corrected chi connectivity index (χ0v) is 8.77. The van der Waals surface area contributed by atoms with Crippen LogP contribution < -0.4 is 4.74 Å². The molecule has 0 aliphatic heterocycles. The fourth-order valence-electron chi connectivity index (χ4n) is 1.39. The number of rotatable bonds is 2. The number of benzene rings is 1. The Morgan fingerprint density at radius 2 is 2.07 bits per heavy atom. The van der Waals surface area contributed by atoms with Gasteiger partial charge in [-0.1, -0.05) is 12.1 Å². The van der Waals surface area contributed by atoms with Gasteiger partial charge in [0.25, 0.3) is 0 Å². The third-order valence-electron chi connectivity index (χ3n) is 2.16. The number of nitrogens with zero attached hydrogens (tertiary/aromatic N) is 2. The van der Waals surface area contributed by atoms with Crippen molar-refractivity contribution in [2.24, 2.45) is 0 Å². The number of aromatic nitrogens is 2. The molecule has 1 aromatic carbocycles. The molecule has 3 nitrogen and oxygen atoms in total. The smallest absolute Gasteiger partial charge is 0.119 e. The van der Waals surface area contributed by atoms with Crippen molar-refractivity contribution < 1.29 is 4.74 Å². The van der Waals surface area contributed by atoms with Gasteiger partial charge in [-0.2, -0.15) is 10.2 Å². The molecule has 2 aromatic rings. The lowest BCUT2D eigenvalue weighted by molar-refractivity contribution is 0.415. The molecule has 0 N–H and O–H groups in total. The molecule has 0 unspecified atom stereocenters. The summed E-state index contributed by atoms with van der Waals surface area (Å²) >= 11 is 0. The maximum atomic E-state index is 5.16. The number of ether oxygens (including phenoxy) is 1. The summed E-state index contributed by atoms with van der Waals surface area (Å²) in [6.07, 6.45) is 1.74. The van der Waals surface area contributed by atoms with E-state index >= 15 is 0 Å². The average Bonchev–Trinajstić information content (AvgIpc) is 2.29. The van der Waals surface area contributed by atoms with Crippen molar-refractivity contribution >= 4 is 0 Å². The van der Waals surface area contributed by atoms with Crippen molar-refractivity contribution in [1.29, 1.82) is 0 Å². The first kappa shape index (κ1) is 9.65. The molecule has 0 amide bonds. The monoisotopic (exact) mass is 200 g/mol. The van der Waals surface area contributed by atoms with Gasteiger partial charge in [0.05, 0.1) is 19.0 Å². The molecule has 1 aromatic heterocycles. The molecule has 0 saturated heterocycles. The topological polar surface area (TPSA) is 35.0 Å². The zero-order valence-electron chi connectivity index (χ0n) is 8.77. The Labute approximate surface area is 88.7 Å². The second-order valence-electron chi connectivity index (χ2n) is 3.35. The van der Waals surface area contributed by atoms with E-state index < -0.39 is 0 Å². The van der Waals surface area contributed by atoms with Gasteiger partial charge < -0.3 is 4.74 Å². The fourth-order valence-corrected chi connectivity index (χ4v) is 1.39. The third-order valence-corrected chi connectivity index (χ3v) is 2.16. The second kappa shape index (κ2) is 4.09. The minimum Gasteiger partial charge on any atom is -0.497 e. The molecule has 0 bridgehead atoms. The van der Waals surface area contributed by atoms with Crippen molar-refractivity contribution in [2.45, 2.75) is 6.92 Å². The first-order valence-electron chi connectivity index (χ1n) is 4.73. The fraction of sp³-hybridized carbons (Fsp3) is 0.167. The first-order chi connectivity index (χ1) is 7.29. The van der Waals surface area contributed by atoms with Crippen LogP contribution in [0.15, 0.2) is 36.5 Å². The van der Waals surface area contributed by atoms with E-state index in [9.17, 15) is 0 Å². The Kier molecular flexibility index (Phi) is 2.63. The Morgan fingerprint density at radius 1 is 1.20 bits per heavy atom. The van der Waals surface area contributed by atoms with Gasteiger partial charge >= 0.3 is 0 Å². The van der Waals surface area contributed by atoms with Crippen LogP contribution in [-0.2, 0) is 0 Å². The van der Waals surface area contributed by atoms with E-state index in [1.54, 1.807) is 13.3 Å². The van der Waals surface area contributed by atoms with Gasteiger partial charge in [0.1, 0.15) is 5.75 Å². The second-order valence-corrected chi connectivity index (χ2v) is 3.35. The summed E-state index contributed by atoms with van der Waals surface area (Å²) in [6, 6.07) is 9.79. The molecule has 0 saturated carbocycles.